The van der Waals surface area contributed by atoms with Gasteiger partial charge in [0.1, 0.15) is 5.01 Å². The molecule has 184 valence electrons. The Bertz CT molecular complexity index is 1270. The first-order valence-electron chi connectivity index (χ1n) is 12.0. The molecule has 2 aromatic carbocycles. The smallest absolute Gasteiger partial charge is 0.166 e. The quantitative estimate of drug-likeness (QED) is 0.411. The second-order valence-corrected chi connectivity index (χ2v) is 11.1. The largest absolute Gasteiger partial charge is 0.493 e. The number of benzene rings is 2. The van der Waals surface area contributed by atoms with Crippen molar-refractivity contribution in [1.82, 2.24) is 9.88 Å². The summed E-state index contributed by atoms with van der Waals surface area (Å²) < 4.78 is 11.8. The van der Waals surface area contributed by atoms with Crippen molar-refractivity contribution < 1.29 is 19.1 Å². The van der Waals surface area contributed by atoms with E-state index in [-0.39, 0.29) is 17.5 Å². The number of thiazole rings is 1. The van der Waals surface area contributed by atoms with Gasteiger partial charge < -0.3 is 9.47 Å². The first-order valence-corrected chi connectivity index (χ1v) is 13.2. The normalized spacial score (nSPS) is 18.7. The van der Waals surface area contributed by atoms with Gasteiger partial charge in [0.05, 0.1) is 37.4 Å². The van der Waals surface area contributed by atoms with Gasteiger partial charge in [-0.1, -0.05) is 11.6 Å². The first kappa shape index (κ1) is 24.2. The molecule has 0 bridgehead atoms. The Morgan fingerprint density at radius 2 is 1.89 bits per heavy atom. The van der Waals surface area contributed by atoms with E-state index in [9.17, 15) is 9.59 Å². The number of aromatic nitrogens is 1. The number of piperidine rings is 1. The first-order chi connectivity index (χ1) is 16.9. The predicted molar refractivity (Wildman–Crippen MR) is 138 cm³/mol. The van der Waals surface area contributed by atoms with Crippen LogP contribution in [-0.4, -0.2) is 55.3 Å². The predicted octanol–water partition coefficient (Wildman–Crippen LogP) is 5.24. The number of nitrogens with zero attached hydrogens (tertiary/aromatic N) is 2. The number of halogens is 1. The molecule has 0 N–H and O–H groups in total. The minimum absolute atomic E-state index is 0.0209. The van der Waals surface area contributed by atoms with Crippen molar-refractivity contribution in [1.29, 1.82) is 0 Å². The molecule has 1 aromatic heterocycles. The van der Waals surface area contributed by atoms with Crippen LogP contribution in [0.2, 0.25) is 5.02 Å². The Labute approximate surface area is 214 Å². The van der Waals surface area contributed by atoms with Crippen molar-refractivity contribution in [2.45, 2.75) is 32.1 Å². The molecule has 3 aromatic rings. The molecule has 1 saturated heterocycles. The van der Waals surface area contributed by atoms with Gasteiger partial charge in [-0.25, -0.2) is 4.98 Å². The highest BCUT2D eigenvalue weighted by Gasteiger charge is 2.34. The van der Waals surface area contributed by atoms with Crippen LogP contribution in [0.4, 0.5) is 0 Å². The number of fused-ring (bicyclic) bond motifs is 2. The lowest BCUT2D eigenvalue weighted by Gasteiger charge is -2.32. The molecule has 35 heavy (non-hydrogen) atoms. The fraction of sp³-hybridized carbons (Fsp3) is 0.444. The monoisotopic (exact) mass is 512 g/mol. The van der Waals surface area contributed by atoms with Crippen molar-refractivity contribution >= 4 is 44.7 Å². The van der Waals surface area contributed by atoms with Crippen LogP contribution in [0.1, 0.15) is 40.2 Å². The Hall–Kier alpha value is -2.48. The molecular formula is C27H29ClN2O4S. The van der Waals surface area contributed by atoms with E-state index in [1.165, 1.54) is 11.3 Å². The van der Waals surface area contributed by atoms with E-state index in [0.29, 0.717) is 35.4 Å². The number of carbonyl (C=O) groups is 2. The van der Waals surface area contributed by atoms with Crippen LogP contribution < -0.4 is 9.47 Å². The summed E-state index contributed by atoms with van der Waals surface area (Å²) in [5, 5.41) is 1.53. The highest BCUT2D eigenvalue weighted by Crippen LogP contribution is 2.39. The maximum Gasteiger partial charge on any atom is 0.166 e. The summed E-state index contributed by atoms with van der Waals surface area (Å²) >= 11 is 7.60. The molecular weight excluding hydrogens is 484 g/mol. The molecule has 6 nitrogen and oxygen atoms in total. The summed E-state index contributed by atoms with van der Waals surface area (Å²) in [6.45, 7) is 2.24. The third-order valence-corrected chi connectivity index (χ3v) is 8.43. The molecule has 1 fully saturated rings. The zero-order valence-corrected chi connectivity index (χ0v) is 21.6. The van der Waals surface area contributed by atoms with Gasteiger partial charge in [0.2, 0.25) is 0 Å². The van der Waals surface area contributed by atoms with Gasteiger partial charge in [-0.05, 0) is 80.6 Å². The number of methoxy groups -OCH3 is 2. The number of hydrogen-bond acceptors (Lipinski definition) is 7. The van der Waals surface area contributed by atoms with E-state index < -0.39 is 0 Å². The zero-order chi connectivity index (χ0) is 24.5. The van der Waals surface area contributed by atoms with Crippen LogP contribution in [0.15, 0.2) is 30.3 Å². The standard InChI is InChI=1S/C27H29ClN2O4S/c1-33-23-11-17-10-18(27(32)21(17)14-24(23)34-2)9-16-5-7-30(8-6-16)15-20(31)13-26-29-22-4-3-19(28)12-25(22)35-26/h3-4,11-12,14,16,18H,5-10,13,15H2,1-2H3. The minimum Gasteiger partial charge on any atom is -0.493 e. The van der Waals surface area contributed by atoms with Gasteiger partial charge in [0.15, 0.2) is 23.1 Å². The second-order valence-electron chi connectivity index (χ2n) is 9.52. The molecule has 8 heteroatoms. The summed E-state index contributed by atoms with van der Waals surface area (Å²) in [7, 11) is 3.21. The maximum absolute atomic E-state index is 13.0. The molecule has 5 rings (SSSR count). The van der Waals surface area contributed by atoms with Crippen molar-refractivity contribution in [3.8, 4) is 11.5 Å². The Balaban J connectivity index is 1.11. The summed E-state index contributed by atoms with van der Waals surface area (Å²) in [6, 6.07) is 9.39. The zero-order valence-electron chi connectivity index (χ0n) is 20.0. The van der Waals surface area contributed by atoms with Gasteiger partial charge >= 0.3 is 0 Å². The molecule has 0 radical (unpaired) electrons. The lowest BCUT2D eigenvalue weighted by atomic mass is 9.85. The SMILES string of the molecule is COc1cc2c(cc1OC)C(=O)C(CC1CCN(CC(=O)Cc3nc4ccc(Cl)cc4s3)CC1)C2. The molecule has 1 unspecified atom stereocenters. The van der Waals surface area contributed by atoms with Crippen molar-refractivity contribution in [3.05, 3.63) is 51.5 Å². The Morgan fingerprint density at radius 3 is 2.63 bits per heavy atom. The van der Waals surface area contributed by atoms with Crippen LogP contribution in [-0.2, 0) is 17.6 Å². The summed E-state index contributed by atoms with van der Waals surface area (Å²) in [5.41, 5.74) is 2.72. The number of ether oxygens (including phenoxy) is 2. The van der Waals surface area contributed by atoms with E-state index in [1.54, 1.807) is 14.2 Å². The van der Waals surface area contributed by atoms with E-state index in [1.807, 2.05) is 30.3 Å². The van der Waals surface area contributed by atoms with Gasteiger partial charge in [0, 0.05) is 16.5 Å². The number of hydrogen-bond donors (Lipinski definition) is 0. The highest BCUT2D eigenvalue weighted by atomic mass is 35.5. The lowest BCUT2D eigenvalue weighted by Crippen LogP contribution is -2.38. The van der Waals surface area contributed by atoms with E-state index in [4.69, 9.17) is 21.1 Å². The minimum atomic E-state index is 0.0209. The average molecular weight is 513 g/mol. The summed E-state index contributed by atoms with van der Waals surface area (Å²) in [5.74, 6) is 2.21. The molecule has 0 saturated carbocycles. The van der Waals surface area contributed by atoms with Crippen LogP contribution in [0, 0.1) is 11.8 Å². The van der Waals surface area contributed by atoms with Gasteiger partial charge in [-0.3, -0.25) is 14.5 Å². The van der Waals surface area contributed by atoms with Gasteiger partial charge in [0.25, 0.3) is 0 Å². The molecule has 1 aliphatic carbocycles. The van der Waals surface area contributed by atoms with Crippen molar-refractivity contribution in [2.75, 3.05) is 33.9 Å². The molecule has 0 amide bonds. The number of ketones is 2. The fourth-order valence-electron chi connectivity index (χ4n) is 5.37. The topological polar surface area (TPSA) is 68.7 Å². The molecule has 0 spiro atoms. The Morgan fingerprint density at radius 1 is 1.14 bits per heavy atom. The molecule has 1 aliphatic heterocycles. The number of likely N-dealkylation sites (tertiary alicyclic amines) is 1. The Kier molecular flexibility index (Phi) is 7.09. The molecule has 2 aliphatic rings. The third kappa shape index (κ3) is 5.22. The van der Waals surface area contributed by atoms with Crippen LogP contribution in [0.25, 0.3) is 10.2 Å². The summed E-state index contributed by atoms with van der Waals surface area (Å²) in [4.78, 5) is 32.5. The van der Waals surface area contributed by atoms with Crippen LogP contribution >= 0.6 is 22.9 Å². The van der Waals surface area contributed by atoms with Gasteiger partial charge in [-0.15, -0.1) is 11.3 Å². The van der Waals surface area contributed by atoms with E-state index >= 15 is 0 Å². The number of carbonyl (C=O) groups excluding carboxylic acids is 2. The third-order valence-electron chi connectivity index (χ3n) is 7.18. The molecule has 2 heterocycles. The fourth-order valence-corrected chi connectivity index (χ4v) is 6.64. The van der Waals surface area contributed by atoms with Crippen molar-refractivity contribution in [3.63, 3.8) is 0 Å². The summed E-state index contributed by atoms with van der Waals surface area (Å²) in [6.07, 6.45) is 4.05. The average Bonchev–Trinajstić information content (AvgIpc) is 3.38. The van der Waals surface area contributed by atoms with Crippen LogP contribution in [0.5, 0.6) is 11.5 Å². The van der Waals surface area contributed by atoms with E-state index in [0.717, 1.165) is 65.1 Å². The van der Waals surface area contributed by atoms with Crippen LogP contribution in [0.3, 0.4) is 0 Å². The highest BCUT2D eigenvalue weighted by molar-refractivity contribution is 7.18. The van der Waals surface area contributed by atoms with Crippen molar-refractivity contribution in [2.24, 2.45) is 11.8 Å². The molecule has 1 atom stereocenters. The van der Waals surface area contributed by atoms with Gasteiger partial charge in [-0.2, -0.15) is 0 Å². The number of rotatable bonds is 8. The maximum atomic E-state index is 13.0. The second kappa shape index (κ2) is 10.2. The van der Waals surface area contributed by atoms with E-state index in [2.05, 4.69) is 9.88 Å². The number of Topliss-reactive ketones (excluding diaryl/α,β-unsaturated/α-hetero) is 2. The lowest BCUT2D eigenvalue weighted by molar-refractivity contribution is -0.119.